The van der Waals surface area contributed by atoms with Crippen LogP contribution in [0.2, 0.25) is 0 Å². The van der Waals surface area contributed by atoms with E-state index in [-0.39, 0.29) is 12.1 Å². The summed E-state index contributed by atoms with van der Waals surface area (Å²) in [7, 11) is 1.68. The van der Waals surface area contributed by atoms with Gasteiger partial charge in [-0.3, -0.25) is 10.00 Å². The summed E-state index contributed by atoms with van der Waals surface area (Å²) in [4.78, 5) is 14.1. The predicted molar refractivity (Wildman–Crippen MR) is 79.3 cm³/mol. The number of morpholine rings is 1. The predicted octanol–water partition coefficient (Wildman–Crippen LogP) is 1.56. The number of hydrogen-bond donors (Lipinski definition) is 1. The van der Waals surface area contributed by atoms with Crippen LogP contribution in [0.3, 0.4) is 0 Å². The second-order valence-corrected chi connectivity index (χ2v) is 5.07. The van der Waals surface area contributed by atoms with Crippen molar-refractivity contribution in [3.8, 4) is 0 Å². The van der Waals surface area contributed by atoms with Crippen LogP contribution in [-0.4, -0.2) is 60.2 Å². The molecule has 2 rings (SSSR count). The third kappa shape index (κ3) is 4.44. The highest BCUT2D eigenvalue weighted by Crippen LogP contribution is 2.13. The maximum atomic E-state index is 12.3. The van der Waals surface area contributed by atoms with Crippen molar-refractivity contribution in [2.24, 2.45) is 0 Å². The van der Waals surface area contributed by atoms with Crippen molar-refractivity contribution in [3.05, 3.63) is 12.3 Å². The fourth-order valence-corrected chi connectivity index (χ4v) is 2.37. The molecule has 2 heterocycles. The van der Waals surface area contributed by atoms with E-state index in [9.17, 15) is 4.79 Å². The van der Waals surface area contributed by atoms with E-state index in [0.29, 0.717) is 32.2 Å². The van der Waals surface area contributed by atoms with Gasteiger partial charge in [0.15, 0.2) is 5.82 Å². The maximum Gasteiger partial charge on any atom is 0.323 e. The number of hydrogen-bond acceptors (Lipinski definition) is 4. The van der Waals surface area contributed by atoms with Crippen LogP contribution >= 0.6 is 0 Å². The average Bonchev–Trinajstić information content (AvgIpc) is 2.95. The number of anilines is 1. The Bertz CT molecular complexity index is 449. The number of aromatic nitrogens is 2. The third-order valence-corrected chi connectivity index (χ3v) is 3.57. The first-order valence-electron chi connectivity index (χ1n) is 7.42. The number of amides is 2. The zero-order valence-corrected chi connectivity index (χ0v) is 12.7. The van der Waals surface area contributed by atoms with Gasteiger partial charge in [0.2, 0.25) is 0 Å². The van der Waals surface area contributed by atoms with E-state index >= 15 is 0 Å². The summed E-state index contributed by atoms with van der Waals surface area (Å²) in [6.45, 7) is 5.36. The summed E-state index contributed by atoms with van der Waals surface area (Å²) in [6.07, 6.45) is 3.65. The molecular weight excluding hydrogens is 272 g/mol. The molecule has 7 nitrogen and oxygen atoms in total. The summed E-state index contributed by atoms with van der Waals surface area (Å²) in [6, 6.07) is 1.85. The summed E-state index contributed by atoms with van der Waals surface area (Å²) < 4.78 is 12.2. The lowest BCUT2D eigenvalue weighted by atomic mass is 10.2. The molecule has 7 heteroatoms. The van der Waals surface area contributed by atoms with Crippen molar-refractivity contribution in [1.82, 2.24) is 14.7 Å². The Labute approximate surface area is 125 Å². The molecule has 1 aliphatic heterocycles. The van der Waals surface area contributed by atoms with E-state index < -0.39 is 0 Å². The first-order valence-corrected chi connectivity index (χ1v) is 7.42. The molecule has 118 valence electrons. The van der Waals surface area contributed by atoms with Crippen molar-refractivity contribution in [2.45, 2.75) is 32.4 Å². The van der Waals surface area contributed by atoms with E-state index in [2.05, 4.69) is 17.3 Å². The van der Waals surface area contributed by atoms with Crippen LogP contribution in [0.15, 0.2) is 12.3 Å². The van der Waals surface area contributed by atoms with Crippen molar-refractivity contribution in [1.29, 1.82) is 0 Å². The minimum Gasteiger partial charge on any atom is -0.385 e. The summed E-state index contributed by atoms with van der Waals surface area (Å²) >= 11 is 0. The Morgan fingerprint density at radius 3 is 3.24 bits per heavy atom. The molecule has 1 saturated heterocycles. The highest BCUT2D eigenvalue weighted by Gasteiger charge is 2.26. The van der Waals surface area contributed by atoms with Gasteiger partial charge in [0.1, 0.15) is 0 Å². The van der Waals surface area contributed by atoms with Crippen LogP contribution < -0.4 is 5.32 Å². The number of urea groups is 1. The smallest absolute Gasteiger partial charge is 0.323 e. The van der Waals surface area contributed by atoms with E-state index in [0.717, 1.165) is 19.4 Å². The monoisotopic (exact) mass is 296 g/mol. The van der Waals surface area contributed by atoms with Gasteiger partial charge < -0.3 is 14.4 Å². The molecule has 0 bridgehead atoms. The summed E-state index contributed by atoms with van der Waals surface area (Å²) in [5.74, 6) is 0.582. The van der Waals surface area contributed by atoms with Crippen molar-refractivity contribution in [3.63, 3.8) is 0 Å². The highest BCUT2D eigenvalue weighted by atomic mass is 16.5. The molecule has 0 radical (unpaired) electrons. The van der Waals surface area contributed by atoms with Gasteiger partial charge in [-0.05, 0) is 12.8 Å². The van der Waals surface area contributed by atoms with Gasteiger partial charge in [-0.1, -0.05) is 6.92 Å². The number of aryl methyl sites for hydroxylation is 1. The lowest BCUT2D eigenvalue weighted by Crippen LogP contribution is -2.50. The topological polar surface area (TPSA) is 68.6 Å². The highest BCUT2D eigenvalue weighted by molar-refractivity contribution is 5.88. The number of ether oxygens (including phenoxy) is 2. The number of carbonyl (C=O) groups is 1. The molecule has 0 spiro atoms. The minimum atomic E-state index is -0.104. The van der Waals surface area contributed by atoms with Gasteiger partial charge in [-0.25, -0.2) is 4.79 Å². The van der Waals surface area contributed by atoms with Gasteiger partial charge >= 0.3 is 6.03 Å². The SMILES string of the molecule is CCC1COCCN1C(=O)Nc1ccn(CCCOC)n1. The molecule has 1 N–H and O–H groups in total. The van der Waals surface area contributed by atoms with Gasteiger partial charge in [0.05, 0.1) is 19.3 Å². The van der Waals surface area contributed by atoms with Crippen LogP contribution in [0.1, 0.15) is 19.8 Å². The molecule has 1 unspecified atom stereocenters. The molecule has 1 aromatic heterocycles. The number of methoxy groups -OCH3 is 1. The first-order chi connectivity index (χ1) is 10.2. The van der Waals surface area contributed by atoms with Gasteiger partial charge in [-0.2, -0.15) is 5.10 Å². The van der Waals surface area contributed by atoms with E-state index in [4.69, 9.17) is 9.47 Å². The van der Waals surface area contributed by atoms with Crippen LogP contribution in [0, 0.1) is 0 Å². The fraction of sp³-hybridized carbons (Fsp3) is 0.714. The number of rotatable bonds is 6. The molecule has 0 saturated carbocycles. The maximum absolute atomic E-state index is 12.3. The van der Waals surface area contributed by atoms with Crippen LogP contribution in [-0.2, 0) is 16.0 Å². The van der Waals surface area contributed by atoms with Crippen LogP contribution in [0.25, 0.3) is 0 Å². The largest absolute Gasteiger partial charge is 0.385 e. The first kappa shape index (κ1) is 15.8. The zero-order chi connectivity index (χ0) is 15.1. The van der Waals surface area contributed by atoms with E-state index in [1.165, 1.54) is 0 Å². The Morgan fingerprint density at radius 2 is 2.48 bits per heavy atom. The number of nitrogens with zero attached hydrogens (tertiary/aromatic N) is 3. The third-order valence-electron chi connectivity index (χ3n) is 3.57. The molecule has 1 atom stereocenters. The molecule has 0 aliphatic carbocycles. The lowest BCUT2D eigenvalue weighted by molar-refractivity contribution is 0.0143. The molecule has 1 aromatic rings. The molecular formula is C14H24N4O3. The van der Waals surface area contributed by atoms with Crippen molar-refractivity contribution in [2.75, 3.05) is 38.8 Å². The van der Waals surface area contributed by atoms with Crippen LogP contribution in [0.5, 0.6) is 0 Å². The van der Waals surface area contributed by atoms with E-state index in [1.54, 1.807) is 7.11 Å². The second-order valence-electron chi connectivity index (χ2n) is 5.07. The van der Waals surface area contributed by atoms with Gasteiger partial charge in [0.25, 0.3) is 0 Å². The Hall–Kier alpha value is -1.60. The molecule has 21 heavy (non-hydrogen) atoms. The Balaban J connectivity index is 1.87. The Morgan fingerprint density at radius 1 is 1.62 bits per heavy atom. The fourth-order valence-electron chi connectivity index (χ4n) is 2.37. The zero-order valence-electron chi connectivity index (χ0n) is 12.7. The number of nitrogens with one attached hydrogen (secondary N) is 1. The Kier molecular flexibility index (Phi) is 6.01. The minimum absolute atomic E-state index is 0.104. The number of carbonyl (C=O) groups excluding carboxylic acids is 1. The van der Waals surface area contributed by atoms with Gasteiger partial charge in [-0.15, -0.1) is 0 Å². The lowest BCUT2D eigenvalue weighted by Gasteiger charge is -2.34. The standard InChI is InChI=1S/C14H24N4O3/c1-3-12-11-21-10-8-18(12)14(19)15-13-5-7-17(16-13)6-4-9-20-2/h5,7,12H,3-4,6,8-11H2,1-2H3,(H,15,16,19). The molecule has 2 amide bonds. The summed E-state index contributed by atoms with van der Waals surface area (Å²) in [5, 5.41) is 7.19. The molecule has 0 aromatic carbocycles. The summed E-state index contributed by atoms with van der Waals surface area (Å²) in [5.41, 5.74) is 0. The quantitative estimate of drug-likeness (QED) is 0.809. The second kappa shape index (κ2) is 7.99. The molecule has 1 aliphatic rings. The average molecular weight is 296 g/mol. The van der Waals surface area contributed by atoms with Crippen molar-refractivity contribution >= 4 is 11.8 Å². The normalized spacial score (nSPS) is 18.8. The van der Waals surface area contributed by atoms with E-state index in [1.807, 2.05) is 21.8 Å². The van der Waals surface area contributed by atoms with Crippen LogP contribution in [0.4, 0.5) is 10.6 Å². The van der Waals surface area contributed by atoms with Gasteiger partial charge in [0, 0.05) is 39.1 Å². The molecule has 1 fully saturated rings. The van der Waals surface area contributed by atoms with Crippen molar-refractivity contribution < 1.29 is 14.3 Å².